The third kappa shape index (κ3) is 6.11. The Morgan fingerprint density at radius 3 is 2.38 bits per heavy atom. The third-order valence-electron chi connectivity index (χ3n) is 3.80. The third-order valence-corrected chi connectivity index (χ3v) is 4.05. The minimum atomic E-state index is 0.587. The lowest BCUT2D eigenvalue weighted by molar-refractivity contribution is 0.340. The molecule has 2 rings (SSSR count). The lowest BCUT2D eigenvalue weighted by Gasteiger charge is -2.13. The van der Waals surface area contributed by atoms with Crippen molar-refractivity contribution < 1.29 is 14.2 Å². The zero-order chi connectivity index (χ0) is 18.8. The fourth-order valence-corrected chi connectivity index (χ4v) is 2.72. The van der Waals surface area contributed by atoms with Crippen LogP contribution in [0.25, 0.3) is 0 Å². The van der Waals surface area contributed by atoms with E-state index >= 15 is 0 Å². The van der Waals surface area contributed by atoms with E-state index in [1.165, 1.54) is 5.56 Å². The largest absolute Gasteiger partial charge is 0.494 e. The number of ether oxygens (including phenoxy) is 3. The summed E-state index contributed by atoms with van der Waals surface area (Å²) in [5, 5.41) is 6.97. The van der Waals surface area contributed by atoms with Gasteiger partial charge in [0.25, 0.3) is 0 Å². The maximum atomic E-state index is 5.45. The zero-order valence-corrected chi connectivity index (χ0v) is 16.3. The average molecular weight is 375 g/mol. The van der Waals surface area contributed by atoms with Crippen molar-refractivity contribution in [2.75, 3.05) is 32.7 Å². The van der Waals surface area contributed by atoms with Crippen molar-refractivity contribution in [1.29, 1.82) is 0 Å². The number of nitrogens with one attached hydrogen (secondary N) is 2. The summed E-state index contributed by atoms with van der Waals surface area (Å²) >= 11 is 5.34. The van der Waals surface area contributed by atoms with E-state index in [-0.39, 0.29) is 0 Å². The van der Waals surface area contributed by atoms with Gasteiger partial charge >= 0.3 is 0 Å². The van der Waals surface area contributed by atoms with Gasteiger partial charge < -0.3 is 24.8 Å². The Balaban J connectivity index is 1.73. The van der Waals surface area contributed by atoms with E-state index in [9.17, 15) is 0 Å². The quantitative estimate of drug-likeness (QED) is 0.511. The lowest BCUT2D eigenvalue weighted by Crippen LogP contribution is -2.29. The van der Waals surface area contributed by atoms with Gasteiger partial charge in [-0.15, -0.1) is 0 Å². The first-order chi connectivity index (χ1) is 12.7. The van der Waals surface area contributed by atoms with Crippen LogP contribution in [0.2, 0.25) is 0 Å². The molecule has 6 heteroatoms. The van der Waals surface area contributed by atoms with Crippen molar-refractivity contribution in [2.24, 2.45) is 0 Å². The van der Waals surface area contributed by atoms with Crippen molar-refractivity contribution in [3.05, 3.63) is 48.0 Å². The second-order valence-electron chi connectivity index (χ2n) is 5.63. The maximum Gasteiger partial charge on any atom is 0.170 e. The van der Waals surface area contributed by atoms with Crippen LogP contribution in [0.15, 0.2) is 42.5 Å². The molecule has 0 saturated carbocycles. The maximum absolute atomic E-state index is 5.45. The molecule has 26 heavy (non-hydrogen) atoms. The summed E-state index contributed by atoms with van der Waals surface area (Å²) in [7, 11) is 3.22. The van der Waals surface area contributed by atoms with Crippen LogP contribution in [-0.4, -0.2) is 32.5 Å². The van der Waals surface area contributed by atoms with Gasteiger partial charge in [0.2, 0.25) is 0 Å². The van der Waals surface area contributed by atoms with E-state index in [2.05, 4.69) is 22.8 Å². The van der Waals surface area contributed by atoms with Gasteiger partial charge in [-0.2, -0.15) is 0 Å². The van der Waals surface area contributed by atoms with Crippen molar-refractivity contribution in [3.63, 3.8) is 0 Å². The molecule has 0 unspecified atom stereocenters. The minimum Gasteiger partial charge on any atom is -0.494 e. The van der Waals surface area contributed by atoms with E-state index in [1.54, 1.807) is 14.2 Å². The molecule has 0 fully saturated rings. The first kappa shape index (κ1) is 19.8. The van der Waals surface area contributed by atoms with Crippen LogP contribution in [-0.2, 0) is 6.42 Å². The average Bonchev–Trinajstić information content (AvgIpc) is 2.66. The molecule has 2 N–H and O–H groups in total. The van der Waals surface area contributed by atoms with Crippen LogP contribution in [0, 0.1) is 0 Å². The first-order valence-electron chi connectivity index (χ1n) is 8.65. The Labute approximate surface area is 160 Å². The highest BCUT2D eigenvalue weighted by atomic mass is 32.1. The molecule has 0 amide bonds. The van der Waals surface area contributed by atoms with Gasteiger partial charge in [0, 0.05) is 18.3 Å². The topological polar surface area (TPSA) is 51.8 Å². The highest BCUT2D eigenvalue weighted by Crippen LogP contribution is 2.29. The van der Waals surface area contributed by atoms with Gasteiger partial charge in [0.15, 0.2) is 16.6 Å². The standard InChI is InChI=1S/C20H26N2O3S/c1-4-25-17-10-7-15(8-11-17)6-5-13-21-20(26)22-16-9-12-18(23-2)19(14-16)24-3/h7-12,14H,4-6,13H2,1-3H3,(H2,21,22,26). The molecular formula is C20H26N2O3S. The van der Waals surface area contributed by atoms with Crippen LogP contribution in [0.5, 0.6) is 17.2 Å². The predicted molar refractivity (Wildman–Crippen MR) is 110 cm³/mol. The Kier molecular flexibility index (Phi) is 8.02. The number of hydrogen-bond donors (Lipinski definition) is 2. The van der Waals surface area contributed by atoms with E-state index in [0.717, 1.165) is 30.8 Å². The summed E-state index contributed by atoms with van der Waals surface area (Å²) < 4.78 is 16.0. The van der Waals surface area contributed by atoms with E-state index in [1.807, 2.05) is 37.3 Å². The monoisotopic (exact) mass is 374 g/mol. The summed E-state index contributed by atoms with van der Waals surface area (Å²) in [4.78, 5) is 0. The molecule has 2 aromatic carbocycles. The summed E-state index contributed by atoms with van der Waals surface area (Å²) in [5.74, 6) is 2.26. The predicted octanol–water partition coefficient (Wildman–Crippen LogP) is 4.02. The smallest absolute Gasteiger partial charge is 0.170 e. The van der Waals surface area contributed by atoms with Crippen molar-refractivity contribution in [2.45, 2.75) is 19.8 Å². The molecule has 0 aliphatic rings. The van der Waals surface area contributed by atoms with Crippen molar-refractivity contribution in [3.8, 4) is 17.2 Å². The van der Waals surface area contributed by atoms with Crippen LogP contribution in [0.3, 0.4) is 0 Å². The molecule has 2 aromatic rings. The van der Waals surface area contributed by atoms with Crippen molar-refractivity contribution >= 4 is 23.0 Å². The SMILES string of the molecule is CCOc1ccc(CCCNC(=S)Nc2ccc(OC)c(OC)c2)cc1. The Morgan fingerprint density at radius 1 is 1.00 bits per heavy atom. The molecule has 0 aromatic heterocycles. The number of aryl methyl sites for hydroxylation is 1. The zero-order valence-electron chi connectivity index (χ0n) is 15.5. The molecule has 0 aliphatic heterocycles. The Hall–Kier alpha value is -2.47. The Morgan fingerprint density at radius 2 is 1.73 bits per heavy atom. The molecule has 0 bridgehead atoms. The van der Waals surface area contributed by atoms with Gasteiger partial charge in [0.05, 0.1) is 20.8 Å². The molecule has 5 nitrogen and oxygen atoms in total. The highest BCUT2D eigenvalue weighted by molar-refractivity contribution is 7.80. The molecule has 0 aliphatic carbocycles. The lowest BCUT2D eigenvalue weighted by atomic mass is 10.1. The van der Waals surface area contributed by atoms with Crippen LogP contribution >= 0.6 is 12.2 Å². The second-order valence-corrected chi connectivity index (χ2v) is 6.04. The number of methoxy groups -OCH3 is 2. The fraction of sp³-hybridized carbons (Fsp3) is 0.350. The van der Waals surface area contributed by atoms with Crippen LogP contribution < -0.4 is 24.8 Å². The highest BCUT2D eigenvalue weighted by Gasteiger charge is 2.05. The number of benzene rings is 2. The van der Waals surface area contributed by atoms with Gasteiger partial charge in [-0.25, -0.2) is 0 Å². The molecular weight excluding hydrogens is 348 g/mol. The van der Waals surface area contributed by atoms with Gasteiger partial charge in [-0.3, -0.25) is 0 Å². The molecule has 140 valence electrons. The molecule has 0 spiro atoms. The minimum absolute atomic E-state index is 0.587. The second kappa shape index (κ2) is 10.5. The Bertz CT molecular complexity index is 705. The molecule has 0 heterocycles. The number of hydrogen-bond acceptors (Lipinski definition) is 4. The van der Waals surface area contributed by atoms with E-state index in [0.29, 0.717) is 23.2 Å². The van der Waals surface area contributed by atoms with Gasteiger partial charge in [0.1, 0.15) is 5.75 Å². The summed E-state index contributed by atoms with van der Waals surface area (Å²) in [6, 6.07) is 13.8. The van der Waals surface area contributed by atoms with E-state index < -0.39 is 0 Å². The van der Waals surface area contributed by atoms with Gasteiger partial charge in [-0.1, -0.05) is 12.1 Å². The van der Waals surface area contributed by atoms with Crippen molar-refractivity contribution in [1.82, 2.24) is 5.32 Å². The fourth-order valence-electron chi connectivity index (χ4n) is 2.50. The van der Waals surface area contributed by atoms with E-state index in [4.69, 9.17) is 26.4 Å². The normalized spacial score (nSPS) is 10.1. The number of thiocarbonyl (C=S) groups is 1. The first-order valence-corrected chi connectivity index (χ1v) is 9.05. The van der Waals surface area contributed by atoms with Gasteiger partial charge in [-0.05, 0) is 61.8 Å². The molecule has 0 radical (unpaired) electrons. The van der Waals surface area contributed by atoms with Crippen LogP contribution in [0.4, 0.5) is 5.69 Å². The van der Waals surface area contributed by atoms with Crippen LogP contribution in [0.1, 0.15) is 18.9 Å². The molecule has 0 atom stereocenters. The summed E-state index contributed by atoms with van der Waals surface area (Å²) in [6.45, 7) is 3.47. The summed E-state index contributed by atoms with van der Waals surface area (Å²) in [6.07, 6.45) is 1.97. The summed E-state index contributed by atoms with van der Waals surface area (Å²) in [5.41, 5.74) is 2.14. The number of anilines is 1. The molecule has 0 saturated heterocycles. The number of rotatable bonds is 9.